The van der Waals surface area contributed by atoms with E-state index in [4.69, 9.17) is 11.6 Å². The van der Waals surface area contributed by atoms with Crippen LogP contribution in [0.25, 0.3) is 0 Å². The minimum absolute atomic E-state index is 0.382. The first-order valence-electron chi connectivity index (χ1n) is 8.12. The van der Waals surface area contributed by atoms with Gasteiger partial charge in [-0.05, 0) is 90.8 Å². The maximum atomic E-state index is 10.7. The van der Waals surface area contributed by atoms with Crippen LogP contribution in [0.5, 0.6) is 0 Å². The van der Waals surface area contributed by atoms with Gasteiger partial charge >= 0.3 is 0 Å². The fourth-order valence-corrected chi connectivity index (χ4v) is 2.34. The Balaban J connectivity index is 4.01. The largest absolute Gasteiger partial charge is 0.276 e. The van der Waals surface area contributed by atoms with E-state index in [2.05, 4.69) is 45.9 Å². The molecule has 0 fully saturated rings. The first kappa shape index (κ1) is 20.9. The van der Waals surface area contributed by atoms with Gasteiger partial charge in [0.2, 0.25) is 5.24 Å². The molecule has 0 rings (SSSR count). The monoisotopic (exact) mass is 322 g/mol. The van der Waals surface area contributed by atoms with Crippen LogP contribution >= 0.6 is 11.6 Å². The van der Waals surface area contributed by atoms with E-state index in [1.807, 2.05) is 6.92 Å². The third kappa shape index (κ3) is 13.9. The Morgan fingerprint density at radius 3 is 1.55 bits per heavy atom. The summed E-state index contributed by atoms with van der Waals surface area (Å²) in [4.78, 5) is 10.7. The molecule has 22 heavy (non-hydrogen) atoms. The summed E-state index contributed by atoms with van der Waals surface area (Å²) in [6, 6.07) is 0. The lowest BCUT2D eigenvalue weighted by atomic mass is 10.0. The van der Waals surface area contributed by atoms with Crippen molar-refractivity contribution in [1.29, 1.82) is 0 Å². The molecule has 0 saturated carbocycles. The maximum absolute atomic E-state index is 10.7. The summed E-state index contributed by atoms with van der Waals surface area (Å²) < 4.78 is 0. The number of halogens is 1. The van der Waals surface area contributed by atoms with Gasteiger partial charge in [0.1, 0.15) is 0 Å². The lowest BCUT2D eigenvalue weighted by Gasteiger charge is -2.02. The molecule has 0 amide bonds. The van der Waals surface area contributed by atoms with Crippen LogP contribution < -0.4 is 0 Å². The molecule has 0 aromatic carbocycles. The van der Waals surface area contributed by atoms with Crippen LogP contribution in [-0.2, 0) is 4.79 Å². The van der Waals surface area contributed by atoms with Crippen LogP contribution in [0.3, 0.4) is 0 Å². The predicted molar refractivity (Wildman–Crippen MR) is 99.3 cm³/mol. The minimum atomic E-state index is -0.382. The Morgan fingerprint density at radius 1 is 0.727 bits per heavy atom. The molecule has 0 saturated heterocycles. The maximum Gasteiger partial charge on any atom is 0.245 e. The SMILES string of the molecule is CC(C)=CCC/C(C)=C/CC/C(C)=C/CC/C(C)=C/C(=O)Cl. The second-order valence-corrected chi connectivity index (χ2v) is 6.67. The number of allylic oxidation sites excluding steroid dienone is 8. The average Bonchev–Trinajstić information content (AvgIpc) is 2.37. The summed E-state index contributed by atoms with van der Waals surface area (Å²) in [6.45, 7) is 10.6. The summed E-state index contributed by atoms with van der Waals surface area (Å²) in [5.41, 5.74) is 5.33. The van der Waals surface area contributed by atoms with Gasteiger partial charge in [0, 0.05) is 0 Å². The van der Waals surface area contributed by atoms with Gasteiger partial charge < -0.3 is 0 Å². The van der Waals surface area contributed by atoms with Crippen LogP contribution in [0.15, 0.2) is 46.6 Å². The van der Waals surface area contributed by atoms with Crippen molar-refractivity contribution < 1.29 is 4.79 Å². The van der Waals surface area contributed by atoms with E-state index in [0.717, 1.165) is 44.1 Å². The first-order valence-corrected chi connectivity index (χ1v) is 8.50. The van der Waals surface area contributed by atoms with Crippen LogP contribution in [0.2, 0.25) is 0 Å². The lowest BCUT2D eigenvalue weighted by Crippen LogP contribution is -1.84. The Labute approximate surface area is 141 Å². The van der Waals surface area contributed by atoms with Crippen molar-refractivity contribution in [2.75, 3.05) is 0 Å². The van der Waals surface area contributed by atoms with Crippen molar-refractivity contribution >= 4 is 16.8 Å². The highest BCUT2D eigenvalue weighted by molar-refractivity contribution is 6.66. The zero-order valence-electron chi connectivity index (χ0n) is 14.8. The molecule has 0 heterocycles. The molecule has 0 atom stereocenters. The average molecular weight is 323 g/mol. The van der Waals surface area contributed by atoms with Crippen LogP contribution in [0.4, 0.5) is 0 Å². The van der Waals surface area contributed by atoms with Crippen molar-refractivity contribution in [1.82, 2.24) is 0 Å². The molecule has 1 nitrogen and oxygen atoms in total. The van der Waals surface area contributed by atoms with Crippen LogP contribution in [0, 0.1) is 0 Å². The summed E-state index contributed by atoms with van der Waals surface area (Å²) in [5, 5.41) is -0.382. The molecule has 124 valence electrons. The summed E-state index contributed by atoms with van der Waals surface area (Å²) in [7, 11) is 0. The van der Waals surface area contributed by atoms with E-state index in [-0.39, 0.29) is 5.24 Å². The normalized spacial score (nSPS) is 13.3. The van der Waals surface area contributed by atoms with E-state index in [9.17, 15) is 4.79 Å². The van der Waals surface area contributed by atoms with Gasteiger partial charge in [0.05, 0.1) is 0 Å². The molecule has 0 bridgehead atoms. The standard InChI is InChI=1S/C20H31ClO/c1-16(2)9-6-10-17(3)11-7-12-18(4)13-8-14-19(5)15-20(21)22/h9,11,13,15H,6-8,10,12,14H2,1-5H3/b17-11+,18-13+,19-15+. The molecule has 0 spiro atoms. The molecular formula is C20H31ClO. The number of hydrogen-bond donors (Lipinski definition) is 0. The molecule has 0 unspecified atom stereocenters. The molecular weight excluding hydrogens is 292 g/mol. The zero-order valence-corrected chi connectivity index (χ0v) is 15.6. The quantitative estimate of drug-likeness (QED) is 0.243. The van der Waals surface area contributed by atoms with E-state index in [1.165, 1.54) is 22.8 Å². The lowest BCUT2D eigenvalue weighted by molar-refractivity contribution is -0.107. The number of hydrogen-bond acceptors (Lipinski definition) is 1. The fourth-order valence-electron chi connectivity index (χ4n) is 2.15. The van der Waals surface area contributed by atoms with E-state index < -0.39 is 0 Å². The Morgan fingerprint density at radius 2 is 1.14 bits per heavy atom. The van der Waals surface area contributed by atoms with E-state index >= 15 is 0 Å². The summed E-state index contributed by atoms with van der Waals surface area (Å²) in [5.74, 6) is 0. The summed E-state index contributed by atoms with van der Waals surface area (Å²) >= 11 is 5.32. The van der Waals surface area contributed by atoms with Gasteiger partial charge in [-0.3, -0.25) is 4.79 Å². The highest BCUT2D eigenvalue weighted by atomic mass is 35.5. The van der Waals surface area contributed by atoms with Crippen LogP contribution in [0.1, 0.15) is 73.1 Å². The molecule has 0 aromatic heterocycles. The van der Waals surface area contributed by atoms with Crippen molar-refractivity contribution in [3.63, 3.8) is 0 Å². The van der Waals surface area contributed by atoms with E-state index in [1.54, 1.807) is 0 Å². The zero-order chi connectivity index (χ0) is 17.0. The second-order valence-electron chi connectivity index (χ2n) is 6.29. The van der Waals surface area contributed by atoms with Crippen molar-refractivity contribution in [2.24, 2.45) is 0 Å². The topological polar surface area (TPSA) is 17.1 Å². The number of rotatable bonds is 10. The highest BCUT2D eigenvalue weighted by Gasteiger charge is 1.95. The van der Waals surface area contributed by atoms with Crippen molar-refractivity contribution in [3.05, 3.63) is 46.6 Å². The third-order valence-corrected chi connectivity index (χ3v) is 3.62. The molecule has 0 aromatic rings. The van der Waals surface area contributed by atoms with Gasteiger partial charge in [0.25, 0.3) is 0 Å². The number of carbonyl (C=O) groups is 1. The highest BCUT2D eigenvalue weighted by Crippen LogP contribution is 2.13. The van der Waals surface area contributed by atoms with Gasteiger partial charge in [0.15, 0.2) is 0 Å². The summed E-state index contributed by atoms with van der Waals surface area (Å²) in [6.07, 6.45) is 14.8. The van der Waals surface area contributed by atoms with Crippen LogP contribution in [-0.4, -0.2) is 5.24 Å². The van der Waals surface area contributed by atoms with E-state index in [0.29, 0.717) is 0 Å². The van der Waals surface area contributed by atoms with Gasteiger partial charge in [-0.2, -0.15) is 0 Å². The number of carbonyl (C=O) groups excluding carboxylic acids is 1. The van der Waals surface area contributed by atoms with Gasteiger partial charge in [-0.1, -0.05) is 40.5 Å². The smallest absolute Gasteiger partial charge is 0.245 e. The third-order valence-electron chi connectivity index (χ3n) is 3.51. The first-order chi connectivity index (χ1) is 10.3. The Bertz CT molecular complexity index is 460. The molecule has 0 N–H and O–H groups in total. The van der Waals surface area contributed by atoms with Gasteiger partial charge in [-0.25, -0.2) is 0 Å². The molecule has 0 aliphatic heterocycles. The molecule has 0 aliphatic carbocycles. The fraction of sp³-hybridized carbons (Fsp3) is 0.550. The predicted octanol–water partition coefficient (Wildman–Crippen LogP) is 6.90. The van der Waals surface area contributed by atoms with Crippen molar-refractivity contribution in [3.8, 4) is 0 Å². The molecule has 2 heteroatoms. The van der Waals surface area contributed by atoms with Crippen molar-refractivity contribution in [2.45, 2.75) is 73.1 Å². The second kappa shape index (κ2) is 12.5. The molecule has 0 aliphatic rings. The molecule has 0 radical (unpaired) electrons. The van der Waals surface area contributed by atoms with Gasteiger partial charge in [-0.15, -0.1) is 0 Å². The minimum Gasteiger partial charge on any atom is -0.276 e. The Hall–Kier alpha value is -1.08. The Kier molecular flexibility index (Phi) is 11.9.